The normalized spacial score (nSPS) is 11.7. The lowest BCUT2D eigenvalue weighted by atomic mass is 10.0. The van der Waals surface area contributed by atoms with Crippen molar-refractivity contribution < 1.29 is 46.1 Å². The molecule has 22 heteroatoms. The van der Waals surface area contributed by atoms with Crippen LogP contribution in [0.1, 0.15) is 38.4 Å². The maximum atomic E-state index is 12.1. The van der Waals surface area contributed by atoms with Gasteiger partial charge in [-0.2, -0.15) is 31.8 Å². The lowest BCUT2D eigenvalue weighted by molar-refractivity contribution is 0.100. The molecule has 0 aliphatic heterocycles. The number of nitrogens with two attached hydrogens (primary N) is 1. The maximum Gasteiger partial charge on any atom is 0.295 e. The molecule has 5 aromatic carbocycles. The Kier molecular flexibility index (Phi) is 15.9. The topological polar surface area (TPSA) is 315 Å². The van der Waals surface area contributed by atoms with E-state index < -0.39 is 31.0 Å². The van der Waals surface area contributed by atoms with E-state index in [9.17, 15) is 46.1 Å². The number of phenolic OH excluding ortho intramolecular Hbond substituents is 1. The van der Waals surface area contributed by atoms with Crippen LogP contribution in [0.4, 0.5) is 40.3 Å². The van der Waals surface area contributed by atoms with Gasteiger partial charge < -0.3 is 41.9 Å². The molecule has 1 aromatic heterocycles. The van der Waals surface area contributed by atoms with Crippen molar-refractivity contribution >= 4 is 89.4 Å². The number of fused-ring (bicyclic) bond motifs is 1. The van der Waals surface area contributed by atoms with Gasteiger partial charge >= 0.3 is 0 Å². The molecule has 0 saturated heterocycles. The maximum absolute atomic E-state index is 12.1. The first-order chi connectivity index (χ1) is 30.8. The van der Waals surface area contributed by atoms with Crippen LogP contribution in [-0.2, 0) is 20.2 Å². The summed E-state index contributed by atoms with van der Waals surface area (Å²) in [5.41, 5.74) is 10.2. The zero-order valence-corrected chi connectivity index (χ0v) is 37.5. The highest BCUT2D eigenvalue weighted by molar-refractivity contribution is 7.86. The third kappa shape index (κ3) is 12.3. The number of aromatic hydroxyl groups is 1. The first-order valence-electron chi connectivity index (χ1n) is 19.6. The van der Waals surface area contributed by atoms with E-state index in [1.807, 2.05) is 38.2 Å². The lowest BCUT2D eigenvalue weighted by Crippen LogP contribution is -2.31. The van der Waals surface area contributed by atoms with Gasteiger partial charge in [0, 0.05) is 43.9 Å². The monoisotopic (exact) mass is 928 g/mol. The summed E-state index contributed by atoms with van der Waals surface area (Å²) in [7, 11) is -5.43. The Balaban J connectivity index is 0.000000291. The number of hydrogen-bond donors (Lipinski definition) is 9. The Morgan fingerprint density at radius 2 is 1.40 bits per heavy atom. The van der Waals surface area contributed by atoms with E-state index in [1.54, 1.807) is 51.2 Å². The molecule has 1 heterocycles. The smallest absolute Gasteiger partial charge is 0.295 e. The van der Waals surface area contributed by atoms with Crippen LogP contribution < -0.4 is 26.6 Å². The summed E-state index contributed by atoms with van der Waals surface area (Å²) >= 11 is 0. The van der Waals surface area contributed by atoms with Gasteiger partial charge in [-0.05, 0) is 103 Å². The number of rotatable bonds is 16. The molecule has 10 N–H and O–H groups in total. The molecule has 0 saturated carbocycles. The van der Waals surface area contributed by atoms with E-state index in [2.05, 4.69) is 41.1 Å². The van der Waals surface area contributed by atoms with Crippen LogP contribution in [0.3, 0.4) is 0 Å². The predicted octanol–water partition coefficient (Wildman–Crippen LogP) is 6.14. The first-order valence-corrected chi connectivity index (χ1v) is 22.5. The van der Waals surface area contributed by atoms with Crippen molar-refractivity contribution in [3.8, 4) is 5.75 Å². The summed E-state index contributed by atoms with van der Waals surface area (Å²) in [4.78, 5) is 25.5. The zero-order valence-electron chi connectivity index (χ0n) is 35.8. The number of carbonyl (C=O) groups excluding carboxylic acids is 1. The van der Waals surface area contributed by atoms with Crippen LogP contribution in [0, 0.1) is 20.8 Å². The number of primary amides is 1. The molecule has 0 unspecified atom stereocenters. The van der Waals surface area contributed by atoms with E-state index in [0.717, 1.165) is 22.9 Å². The second kappa shape index (κ2) is 21.1. The molecule has 342 valence electrons. The van der Waals surface area contributed by atoms with Gasteiger partial charge in [0.15, 0.2) is 5.75 Å². The fraction of sp³-hybridized carbons (Fsp3) is 0.209. The molecule has 0 atom stereocenters. The molecule has 0 fully saturated rings. The number of anilines is 5. The van der Waals surface area contributed by atoms with Gasteiger partial charge in [0.25, 0.3) is 26.1 Å². The minimum Gasteiger partial charge on any atom is -0.505 e. The molecule has 20 nitrogen and oxygen atoms in total. The fourth-order valence-electron chi connectivity index (χ4n) is 6.46. The van der Waals surface area contributed by atoms with Crippen molar-refractivity contribution in [2.45, 2.75) is 30.6 Å². The minimum atomic E-state index is -4.67. The Morgan fingerprint density at radius 3 is 2.00 bits per heavy atom. The first kappa shape index (κ1) is 48.9. The molecule has 0 aliphatic rings. The number of phenols is 1. The van der Waals surface area contributed by atoms with Crippen LogP contribution in [0.25, 0.3) is 22.9 Å². The highest BCUT2D eigenvalue weighted by Crippen LogP contribution is 2.44. The van der Waals surface area contributed by atoms with Gasteiger partial charge in [-0.3, -0.25) is 13.9 Å². The van der Waals surface area contributed by atoms with Gasteiger partial charge in [0.2, 0.25) is 11.9 Å². The van der Waals surface area contributed by atoms with Gasteiger partial charge in [-0.25, -0.2) is 0 Å². The summed E-state index contributed by atoms with van der Waals surface area (Å²) in [6.45, 7) is 4.96. The molecule has 6 rings (SSSR count). The van der Waals surface area contributed by atoms with Gasteiger partial charge in [0.05, 0.1) is 35.0 Å². The molecule has 65 heavy (non-hydrogen) atoms. The Bertz CT molecular complexity index is 3020. The lowest BCUT2D eigenvalue weighted by Gasteiger charge is -2.21. The Morgan fingerprint density at radius 1 is 0.769 bits per heavy atom. The second-order valence-corrected chi connectivity index (χ2v) is 17.0. The van der Waals surface area contributed by atoms with Crippen molar-refractivity contribution in [3.63, 3.8) is 0 Å². The van der Waals surface area contributed by atoms with E-state index >= 15 is 0 Å². The van der Waals surface area contributed by atoms with E-state index in [4.69, 9.17) is 5.73 Å². The van der Waals surface area contributed by atoms with Crippen molar-refractivity contribution in [3.05, 3.63) is 113 Å². The number of aliphatic hydroxyl groups excluding tert-OH is 2. The highest BCUT2D eigenvalue weighted by Gasteiger charge is 2.21. The number of aryl methyl sites for hydroxylation is 3. The number of aromatic nitrogens is 3. The minimum absolute atomic E-state index is 0.000900. The SMILES string of the molecule is CNc1ccc(/C=C/c2ccc(NC)cc2S(=O)(=O)O)c(C)c1.Cc1nc(Nc2cc(S(=O)(=O)O)cc3cc(C)c(N=Nc4ccccc4C(N)=O)c(O)c23)nc(N(CCO)CCO)n1. The van der Waals surface area contributed by atoms with Crippen LogP contribution in [0.15, 0.2) is 98.9 Å². The number of nitrogens with one attached hydrogen (secondary N) is 3. The van der Waals surface area contributed by atoms with Crippen LogP contribution in [0.5, 0.6) is 5.75 Å². The second-order valence-electron chi connectivity index (χ2n) is 14.2. The third-order valence-electron chi connectivity index (χ3n) is 9.66. The number of hydrogen-bond acceptors (Lipinski definition) is 17. The van der Waals surface area contributed by atoms with Crippen molar-refractivity contribution in [1.29, 1.82) is 0 Å². The van der Waals surface area contributed by atoms with Crippen molar-refractivity contribution in [2.75, 3.05) is 61.2 Å². The van der Waals surface area contributed by atoms with E-state index in [0.29, 0.717) is 16.8 Å². The Labute approximate surface area is 375 Å². The van der Waals surface area contributed by atoms with Crippen molar-refractivity contribution in [1.82, 2.24) is 15.0 Å². The molecule has 1 amide bonds. The standard InChI is InChI=1S/C26H28N8O7S.C17H20N2O3S/c1-14-11-16-12-17(42(39,40)41)13-20(30-25-28-15(2)29-26(31-25)34(7-9-35)8-10-36)21(16)23(37)22(14)33-32-19-6-4-3-5-18(19)24(27)38;1-12-10-15(18-2)8-6-13(12)4-5-14-7-9-16(19-3)11-17(14)23(20,21)22/h3-6,11-13,35-37H,7-10H2,1-2H3,(H2,27,38)(H,39,40,41)(H,28,29,30,31);4-11,18-19H,1-3H3,(H,20,21,22)/b;5-4+. The molecule has 0 aliphatic carbocycles. The molecular formula is C43H48N10O10S2. The third-order valence-corrected chi connectivity index (χ3v) is 11.4. The van der Waals surface area contributed by atoms with Gasteiger partial charge in [-0.15, -0.1) is 10.2 Å². The molecular weight excluding hydrogens is 881 g/mol. The molecule has 0 bridgehead atoms. The molecule has 0 radical (unpaired) electrons. The summed E-state index contributed by atoms with van der Waals surface area (Å²) in [5, 5.41) is 47.6. The van der Waals surface area contributed by atoms with Crippen LogP contribution in [0.2, 0.25) is 0 Å². The predicted molar refractivity (Wildman–Crippen MR) is 249 cm³/mol. The summed E-state index contributed by atoms with van der Waals surface area (Å²) < 4.78 is 66.6. The molecule has 0 spiro atoms. The number of amides is 1. The van der Waals surface area contributed by atoms with Crippen LogP contribution >= 0.6 is 0 Å². The number of azo groups is 1. The average Bonchev–Trinajstić information content (AvgIpc) is 3.25. The van der Waals surface area contributed by atoms with Crippen LogP contribution in [-0.4, -0.2) is 103 Å². The van der Waals surface area contributed by atoms with E-state index in [1.165, 1.54) is 35.2 Å². The van der Waals surface area contributed by atoms with Crippen molar-refractivity contribution in [2.24, 2.45) is 16.0 Å². The summed E-state index contributed by atoms with van der Waals surface area (Å²) in [6, 6.07) is 20.8. The highest BCUT2D eigenvalue weighted by atomic mass is 32.2. The number of benzene rings is 5. The zero-order chi connectivity index (χ0) is 47.6. The Hall–Kier alpha value is -7.08. The number of aliphatic hydroxyl groups is 2. The fourth-order valence-corrected chi connectivity index (χ4v) is 7.71. The van der Waals surface area contributed by atoms with Gasteiger partial charge in [-0.1, -0.05) is 36.4 Å². The summed E-state index contributed by atoms with van der Waals surface area (Å²) in [5.74, 6) is -0.752. The molecule has 6 aromatic rings. The largest absolute Gasteiger partial charge is 0.505 e. The summed E-state index contributed by atoms with van der Waals surface area (Å²) in [6.07, 6.45) is 3.52. The number of carbonyl (C=O) groups is 1. The van der Waals surface area contributed by atoms with E-state index in [-0.39, 0.29) is 88.1 Å². The van der Waals surface area contributed by atoms with Gasteiger partial charge in [0.1, 0.15) is 16.4 Å². The quantitative estimate of drug-likeness (QED) is 0.0299. The number of nitrogens with zero attached hydrogens (tertiary/aromatic N) is 6. The average molecular weight is 929 g/mol.